The van der Waals surface area contributed by atoms with Crippen molar-refractivity contribution in [3.05, 3.63) is 52.8 Å². The van der Waals surface area contributed by atoms with E-state index in [1.807, 2.05) is 6.07 Å². The summed E-state index contributed by atoms with van der Waals surface area (Å²) in [5, 5.41) is 0. The van der Waals surface area contributed by atoms with E-state index >= 15 is 0 Å². The Balaban J connectivity index is 1.46. The molecule has 2 N–H and O–H groups in total. The highest BCUT2D eigenvalue weighted by atomic mass is 19.1. The molecule has 34 heavy (non-hydrogen) atoms. The number of anilines is 1. The smallest absolute Gasteiger partial charge is 0.217 e. The zero-order chi connectivity index (χ0) is 24.2. The van der Waals surface area contributed by atoms with E-state index in [1.165, 1.54) is 37.1 Å². The van der Waals surface area contributed by atoms with Crippen LogP contribution in [0, 0.1) is 19.7 Å². The second-order valence-corrected chi connectivity index (χ2v) is 9.42. The number of benzene rings is 2. The van der Waals surface area contributed by atoms with Gasteiger partial charge in [0.1, 0.15) is 5.75 Å². The average Bonchev–Trinajstić information content (AvgIpc) is 2.84. The van der Waals surface area contributed by atoms with Gasteiger partial charge in [0.05, 0.1) is 13.7 Å². The fourth-order valence-electron chi connectivity index (χ4n) is 5.43. The van der Waals surface area contributed by atoms with Crippen molar-refractivity contribution in [3.63, 3.8) is 0 Å². The minimum absolute atomic E-state index is 0.294. The Bertz CT molecular complexity index is 1030. The highest BCUT2D eigenvalue weighted by Gasteiger charge is 2.36. The number of hydrogen-bond donors (Lipinski definition) is 1. The summed E-state index contributed by atoms with van der Waals surface area (Å²) in [4.78, 5) is 16.0. The summed E-state index contributed by atoms with van der Waals surface area (Å²) in [6, 6.07) is 10.3. The van der Waals surface area contributed by atoms with Crippen LogP contribution in [0.25, 0.3) is 0 Å². The molecule has 0 spiro atoms. The third-order valence-corrected chi connectivity index (χ3v) is 7.41. The number of rotatable bonds is 8. The van der Waals surface area contributed by atoms with Gasteiger partial charge in [-0.15, -0.1) is 0 Å². The molecule has 2 heterocycles. The van der Waals surface area contributed by atoms with E-state index < -0.39 is 0 Å². The summed E-state index contributed by atoms with van der Waals surface area (Å²) in [6.45, 7) is 7.60. The standard InChI is InChI=1S/C27H36FN3O3/c1-18-19(2)25(34-15-5-8-27(29)32)12-10-22(18)24-7-4-6-21-17-30(13-14-31(21)24)20-9-11-23(28)26(16-20)33-3/h9-12,16,21,24H,4-8,13-15,17H2,1-3H3,(H2,29,32)/t21-,24+/m0/s1. The van der Waals surface area contributed by atoms with E-state index in [4.69, 9.17) is 15.2 Å². The monoisotopic (exact) mass is 469 g/mol. The van der Waals surface area contributed by atoms with Gasteiger partial charge >= 0.3 is 0 Å². The Morgan fingerprint density at radius 1 is 1.12 bits per heavy atom. The molecule has 0 aromatic heterocycles. The van der Waals surface area contributed by atoms with Crippen molar-refractivity contribution in [2.45, 2.75) is 58.0 Å². The highest BCUT2D eigenvalue weighted by Crippen LogP contribution is 2.40. The number of methoxy groups -OCH3 is 1. The molecule has 0 radical (unpaired) electrons. The zero-order valence-electron chi connectivity index (χ0n) is 20.5. The molecular formula is C27H36FN3O3. The molecule has 0 saturated carbocycles. The molecule has 2 atom stereocenters. The van der Waals surface area contributed by atoms with E-state index in [0.29, 0.717) is 37.3 Å². The predicted octanol–water partition coefficient (Wildman–Crippen LogP) is 4.51. The number of primary amides is 1. The van der Waals surface area contributed by atoms with Crippen molar-refractivity contribution >= 4 is 11.6 Å². The Morgan fingerprint density at radius 2 is 1.94 bits per heavy atom. The van der Waals surface area contributed by atoms with Gasteiger partial charge in [-0.05, 0) is 74.4 Å². The zero-order valence-corrected chi connectivity index (χ0v) is 20.5. The lowest BCUT2D eigenvalue weighted by Crippen LogP contribution is -2.56. The van der Waals surface area contributed by atoms with Gasteiger partial charge in [-0.2, -0.15) is 0 Å². The number of piperidine rings is 1. The number of carbonyl (C=O) groups is 1. The number of fused-ring (bicyclic) bond motifs is 1. The van der Waals surface area contributed by atoms with E-state index in [0.717, 1.165) is 43.1 Å². The van der Waals surface area contributed by atoms with Crippen molar-refractivity contribution in [3.8, 4) is 11.5 Å². The fraction of sp³-hybridized carbons (Fsp3) is 0.519. The van der Waals surface area contributed by atoms with Gasteiger partial charge in [-0.1, -0.05) is 6.07 Å². The summed E-state index contributed by atoms with van der Waals surface area (Å²) < 4.78 is 25.0. The third-order valence-electron chi connectivity index (χ3n) is 7.41. The van der Waals surface area contributed by atoms with Crippen molar-refractivity contribution in [2.75, 3.05) is 38.3 Å². The Kier molecular flexibility index (Phi) is 7.61. The van der Waals surface area contributed by atoms with Gasteiger partial charge in [-0.25, -0.2) is 4.39 Å². The second kappa shape index (κ2) is 10.6. The van der Waals surface area contributed by atoms with Crippen LogP contribution in [0.15, 0.2) is 30.3 Å². The van der Waals surface area contributed by atoms with Crippen LogP contribution in [0.2, 0.25) is 0 Å². The molecule has 2 fully saturated rings. The lowest BCUT2D eigenvalue weighted by atomic mass is 9.86. The fourth-order valence-corrected chi connectivity index (χ4v) is 5.43. The van der Waals surface area contributed by atoms with Gasteiger partial charge in [0.2, 0.25) is 5.91 Å². The minimum atomic E-state index is -0.325. The Labute approximate surface area is 201 Å². The number of piperazine rings is 1. The number of hydrogen-bond acceptors (Lipinski definition) is 5. The van der Waals surface area contributed by atoms with E-state index in [2.05, 4.69) is 35.8 Å². The van der Waals surface area contributed by atoms with E-state index in [1.54, 1.807) is 6.07 Å². The third kappa shape index (κ3) is 5.14. The normalized spacial score (nSPS) is 20.6. The first-order chi connectivity index (χ1) is 16.4. The van der Waals surface area contributed by atoms with Crippen LogP contribution in [0.4, 0.5) is 10.1 Å². The van der Waals surface area contributed by atoms with Crippen LogP contribution in [-0.2, 0) is 4.79 Å². The van der Waals surface area contributed by atoms with Gasteiger partial charge < -0.3 is 20.1 Å². The maximum Gasteiger partial charge on any atom is 0.217 e. The summed E-state index contributed by atoms with van der Waals surface area (Å²) in [5.74, 6) is 0.559. The first-order valence-electron chi connectivity index (χ1n) is 12.2. The maximum atomic E-state index is 13.9. The van der Waals surface area contributed by atoms with Gasteiger partial charge in [0, 0.05) is 49.9 Å². The van der Waals surface area contributed by atoms with Crippen LogP contribution < -0.4 is 20.1 Å². The van der Waals surface area contributed by atoms with Gasteiger partial charge in [-0.3, -0.25) is 9.69 Å². The molecule has 6 nitrogen and oxygen atoms in total. The van der Waals surface area contributed by atoms with Gasteiger partial charge in [0.25, 0.3) is 0 Å². The molecule has 0 aliphatic carbocycles. The summed E-state index contributed by atoms with van der Waals surface area (Å²) in [6.07, 6.45) is 4.49. The van der Waals surface area contributed by atoms with E-state index in [9.17, 15) is 9.18 Å². The maximum absolute atomic E-state index is 13.9. The SMILES string of the molecule is COc1cc(N2CCN3[C@@H](CCC[C@@H]3c3ccc(OCCCC(N)=O)c(C)c3C)C2)ccc1F. The van der Waals surface area contributed by atoms with Gasteiger partial charge in [0.15, 0.2) is 11.6 Å². The molecule has 4 rings (SSSR count). The number of nitrogens with zero attached hydrogens (tertiary/aromatic N) is 2. The lowest BCUT2D eigenvalue weighted by molar-refractivity contribution is -0.118. The molecule has 2 aliphatic heterocycles. The van der Waals surface area contributed by atoms with Crippen LogP contribution in [0.3, 0.4) is 0 Å². The molecule has 0 unspecified atom stereocenters. The molecule has 2 aromatic carbocycles. The summed E-state index contributed by atoms with van der Waals surface area (Å²) in [5.41, 5.74) is 10.1. The summed E-state index contributed by atoms with van der Waals surface area (Å²) in [7, 11) is 1.51. The largest absolute Gasteiger partial charge is 0.494 e. The molecule has 0 bridgehead atoms. The molecular weight excluding hydrogens is 433 g/mol. The topological polar surface area (TPSA) is 68.0 Å². The average molecular weight is 470 g/mol. The number of carbonyl (C=O) groups excluding carboxylic acids is 1. The Morgan fingerprint density at radius 3 is 2.71 bits per heavy atom. The second-order valence-electron chi connectivity index (χ2n) is 9.42. The first kappa shape index (κ1) is 24.3. The number of ether oxygens (including phenoxy) is 2. The minimum Gasteiger partial charge on any atom is -0.494 e. The van der Waals surface area contributed by atoms with Crippen LogP contribution >= 0.6 is 0 Å². The Hall–Kier alpha value is -2.80. The molecule has 1 amide bonds. The van der Waals surface area contributed by atoms with Crippen molar-refractivity contribution in [2.24, 2.45) is 5.73 Å². The quantitative estimate of drug-likeness (QED) is 0.576. The van der Waals surface area contributed by atoms with Crippen molar-refractivity contribution < 1.29 is 18.7 Å². The van der Waals surface area contributed by atoms with E-state index in [-0.39, 0.29) is 11.7 Å². The van der Waals surface area contributed by atoms with Crippen molar-refractivity contribution in [1.82, 2.24) is 4.90 Å². The summed E-state index contributed by atoms with van der Waals surface area (Å²) >= 11 is 0. The molecule has 7 heteroatoms. The number of nitrogens with two attached hydrogens (primary N) is 1. The van der Waals surface area contributed by atoms with Crippen LogP contribution in [0.5, 0.6) is 11.5 Å². The lowest BCUT2D eigenvalue weighted by Gasteiger charge is -2.49. The molecule has 2 aromatic rings. The molecule has 184 valence electrons. The van der Waals surface area contributed by atoms with Crippen LogP contribution in [-0.4, -0.2) is 50.2 Å². The number of amides is 1. The predicted molar refractivity (Wildman–Crippen MR) is 132 cm³/mol. The number of halogens is 1. The van der Waals surface area contributed by atoms with Crippen molar-refractivity contribution in [1.29, 1.82) is 0 Å². The highest BCUT2D eigenvalue weighted by molar-refractivity contribution is 5.73. The molecule has 2 aliphatic rings. The molecule has 2 saturated heterocycles. The first-order valence-corrected chi connectivity index (χ1v) is 12.2. The van der Waals surface area contributed by atoms with Crippen LogP contribution in [0.1, 0.15) is 54.8 Å².